The van der Waals surface area contributed by atoms with Crippen molar-refractivity contribution in [1.82, 2.24) is 9.47 Å². The van der Waals surface area contributed by atoms with Gasteiger partial charge in [-0.1, -0.05) is 6.07 Å². The molecule has 2 fully saturated rings. The van der Waals surface area contributed by atoms with E-state index in [1.165, 1.54) is 24.3 Å². The number of hydrogen-bond acceptors (Lipinski definition) is 5. The van der Waals surface area contributed by atoms with Crippen LogP contribution in [0.5, 0.6) is 0 Å². The van der Waals surface area contributed by atoms with Crippen molar-refractivity contribution < 1.29 is 18.7 Å². The summed E-state index contributed by atoms with van der Waals surface area (Å²) >= 11 is 0. The fourth-order valence-electron chi connectivity index (χ4n) is 5.88. The summed E-state index contributed by atoms with van der Waals surface area (Å²) in [6, 6.07) is 16.3. The highest BCUT2D eigenvalue weighted by Crippen LogP contribution is 2.39. The number of pyridine rings is 1. The van der Waals surface area contributed by atoms with Crippen LogP contribution in [0.4, 0.5) is 15.8 Å². The van der Waals surface area contributed by atoms with Crippen molar-refractivity contribution in [2.45, 2.75) is 18.9 Å². The van der Waals surface area contributed by atoms with Crippen LogP contribution >= 0.6 is 0 Å². The van der Waals surface area contributed by atoms with Crippen LogP contribution in [0.2, 0.25) is 0 Å². The minimum Gasteiger partial charge on any atom is -0.378 e. The number of piperidine rings is 1. The van der Waals surface area contributed by atoms with Gasteiger partial charge < -0.3 is 24.4 Å². The van der Waals surface area contributed by atoms with Gasteiger partial charge in [0.25, 0.3) is 17.4 Å². The molecule has 38 heavy (non-hydrogen) atoms. The third-order valence-corrected chi connectivity index (χ3v) is 7.72. The summed E-state index contributed by atoms with van der Waals surface area (Å²) in [4.78, 5) is 42.8. The Bertz CT molecular complexity index is 1430. The van der Waals surface area contributed by atoms with Crippen LogP contribution in [0, 0.1) is 11.7 Å². The fraction of sp³-hybridized carbons (Fsp3) is 0.345. The maximum absolute atomic E-state index is 13.4. The Morgan fingerprint density at radius 2 is 1.68 bits per heavy atom. The van der Waals surface area contributed by atoms with Gasteiger partial charge in [-0.05, 0) is 60.9 Å². The quantitative estimate of drug-likeness (QED) is 0.575. The molecular weight excluding hydrogens is 487 g/mol. The number of amides is 2. The molecule has 0 unspecified atom stereocenters. The van der Waals surface area contributed by atoms with Crippen LogP contribution in [0.15, 0.2) is 65.5 Å². The van der Waals surface area contributed by atoms with Crippen molar-refractivity contribution in [3.63, 3.8) is 0 Å². The van der Waals surface area contributed by atoms with E-state index in [1.807, 2.05) is 28.8 Å². The average Bonchev–Trinajstić information content (AvgIpc) is 2.94. The molecule has 4 heterocycles. The second-order valence-electron chi connectivity index (χ2n) is 10.2. The number of ether oxygens (including phenoxy) is 1. The van der Waals surface area contributed by atoms with Crippen LogP contribution in [-0.2, 0) is 11.3 Å². The monoisotopic (exact) mass is 516 g/mol. The first-order valence-corrected chi connectivity index (χ1v) is 13.0. The van der Waals surface area contributed by atoms with Crippen LogP contribution in [0.1, 0.15) is 38.7 Å². The maximum Gasteiger partial charge on any atom is 0.255 e. The van der Waals surface area contributed by atoms with Gasteiger partial charge in [-0.15, -0.1) is 0 Å². The molecule has 3 aliphatic rings. The summed E-state index contributed by atoms with van der Waals surface area (Å²) in [5.41, 5.74) is 3.23. The summed E-state index contributed by atoms with van der Waals surface area (Å²) < 4.78 is 20.7. The first-order valence-electron chi connectivity index (χ1n) is 13.0. The maximum atomic E-state index is 13.4. The van der Waals surface area contributed by atoms with E-state index < -0.39 is 5.82 Å². The molecule has 3 aliphatic heterocycles. The highest BCUT2D eigenvalue weighted by Gasteiger charge is 2.35. The Morgan fingerprint density at radius 1 is 0.921 bits per heavy atom. The first-order chi connectivity index (χ1) is 18.5. The number of benzene rings is 2. The van der Waals surface area contributed by atoms with Gasteiger partial charge in [0, 0.05) is 61.5 Å². The second kappa shape index (κ2) is 10.1. The Kier molecular flexibility index (Phi) is 6.45. The third kappa shape index (κ3) is 4.69. The fourth-order valence-corrected chi connectivity index (χ4v) is 5.88. The molecule has 9 heteroatoms. The number of fused-ring (bicyclic) bond motifs is 4. The molecule has 0 saturated carbocycles. The smallest absolute Gasteiger partial charge is 0.255 e. The molecule has 8 nitrogen and oxygen atoms in total. The summed E-state index contributed by atoms with van der Waals surface area (Å²) in [5, 5.41) is 2.98. The molecule has 0 radical (unpaired) electrons. The lowest BCUT2D eigenvalue weighted by atomic mass is 9.83. The highest BCUT2D eigenvalue weighted by molar-refractivity contribution is 6.07. The molecule has 3 aromatic rings. The van der Waals surface area contributed by atoms with E-state index in [9.17, 15) is 18.8 Å². The Labute approximate surface area is 219 Å². The molecule has 196 valence electrons. The minimum atomic E-state index is -0.417. The number of nitrogens with zero attached hydrogens (tertiary/aromatic N) is 3. The number of halogens is 1. The Balaban J connectivity index is 1.33. The van der Waals surface area contributed by atoms with E-state index in [0.29, 0.717) is 56.2 Å². The number of hydrogen-bond donors (Lipinski definition) is 1. The van der Waals surface area contributed by atoms with Crippen molar-refractivity contribution in [3.05, 3.63) is 93.7 Å². The van der Waals surface area contributed by atoms with Gasteiger partial charge >= 0.3 is 0 Å². The predicted molar refractivity (Wildman–Crippen MR) is 141 cm³/mol. The molecule has 1 aromatic heterocycles. The van der Waals surface area contributed by atoms with Gasteiger partial charge in [0.1, 0.15) is 5.82 Å². The van der Waals surface area contributed by atoms with E-state index in [0.717, 1.165) is 24.3 Å². The van der Waals surface area contributed by atoms with Gasteiger partial charge in [0.05, 0.1) is 24.6 Å². The van der Waals surface area contributed by atoms with Crippen LogP contribution < -0.4 is 15.8 Å². The van der Waals surface area contributed by atoms with Crippen molar-refractivity contribution in [1.29, 1.82) is 0 Å². The minimum absolute atomic E-state index is 0.0314. The van der Waals surface area contributed by atoms with E-state index in [4.69, 9.17) is 4.74 Å². The average molecular weight is 517 g/mol. The molecule has 2 saturated heterocycles. The number of carbonyl (C=O) groups excluding carboxylic acids is 2. The molecule has 6 rings (SSSR count). The summed E-state index contributed by atoms with van der Waals surface area (Å²) in [5.74, 6) is -0.430. The lowest BCUT2D eigenvalue weighted by Gasteiger charge is -2.44. The first kappa shape index (κ1) is 24.4. The van der Waals surface area contributed by atoms with Gasteiger partial charge in [0.2, 0.25) is 0 Å². The Hall–Kier alpha value is -3.98. The van der Waals surface area contributed by atoms with Gasteiger partial charge in [-0.25, -0.2) is 4.39 Å². The number of rotatable bonds is 4. The van der Waals surface area contributed by atoms with Crippen LogP contribution in [0.3, 0.4) is 0 Å². The number of carbonyl (C=O) groups is 2. The number of nitrogens with one attached hydrogen (secondary N) is 1. The van der Waals surface area contributed by atoms with Crippen LogP contribution in [0.25, 0.3) is 0 Å². The zero-order chi connectivity index (χ0) is 26.2. The zero-order valence-electron chi connectivity index (χ0n) is 20.9. The van der Waals surface area contributed by atoms with Gasteiger partial charge in [0.15, 0.2) is 0 Å². The standard InChI is InChI=1S/C29H29FN4O4/c30-23-7-4-20(5-8-23)28(36)31-24-15-21(29(37)32-10-12-38-13-11-32)6-9-26(24)33-16-19-14-22(18-33)25-2-1-3-27(35)34(25)17-19/h1-9,15,19,22H,10-14,16-18H2,(H,31,36)/t19-,22+/m1/s1. The summed E-state index contributed by atoms with van der Waals surface area (Å²) in [7, 11) is 0. The number of anilines is 2. The van der Waals surface area contributed by atoms with Crippen molar-refractivity contribution in [2.24, 2.45) is 5.92 Å². The zero-order valence-corrected chi connectivity index (χ0v) is 20.9. The van der Waals surface area contributed by atoms with E-state index in [-0.39, 0.29) is 29.2 Å². The lowest BCUT2D eigenvalue weighted by molar-refractivity contribution is 0.0303. The summed E-state index contributed by atoms with van der Waals surface area (Å²) in [6.45, 7) is 4.12. The highest BCUT2D eigenvalue weighted by atomic mass is 19.1. The SMILES string of the molecule is O=C(Nc1cc(C(=O)N2CCOCC2)ccc1N1C[C@H]2C[C@@H](C1)c1cccc(=O)n1C2)c1ccc(F)cc1. The van der Waals surface area contributed by atoms with E-state index in [1.54, 1.807) is 17.0 Å². The molecule has 1 N–H and O–H groups in total. The Morgan fingerprint density at radius 3 is 2.47 bits per heavy atom. The third-order valence-electron chi connectivity index (χ3n) is 7.72. The molecular formula is C29H29FN4O4. The summed E-state index contributed by atoms with van der Waals surface area (Å²) in [6.07, 6.45) is 1.00. The van der Waals surface area contributed by atoms with E-state index >= 15 is 0 Å². The molecule has 2 aromatic carbocycles. The normalized spacial score (nSPS) is 20.6. The predicted octanol–water partition coefficient (Wildman–Crippen LogP) is 3.34. The molecule has 2 bridgehead atoms. The number of aromatic nitrogens is 1. The van der Waals surface area contributed by atoms with E-state index in [2.05, 4.69) is 10.2 Å². The van der Waals surface area contributed by atoms with Gasteiger partial charge in [-0.2, -0.15) is 0 Å². The molecule has 0 aliphatic carbocycles. The van der Waals surface area contributed by atoms with Crippen molar-refractivity contribution in [2.75, 3.05) is 49.6 Å². The van der Waals surface area contributed by atoms with Gasteiger partial charge in [-0.3, -0.25) is 14.4 Å². The molecule has 2 atom stereocenters. The molecule has 0 spiro atoms. The second-order valence-corrected chi connectivity index (χ2v) is 10.2. The lowest BCUT2D eigenvalue weighted by Crippen LogP contribution is -2.47. The number of morpholine rings is 1. The molecule has 2 amide bonds. The topological polar surface area (TPSA) is 83.9 Å². The van der Waals surface area contributed by atoms with Crippen molar-refractivity contribution >= 4 is 23.2 Å². The van der Waals surface area contributed by atoms with Crippen molar-refractivity contribution in [3.8, 4) is 0 Å². The van der Waals surface area contributed by atoms with Crippen LogP contribution in [-0.4, -0.2) is 60.7 Å². The largest absolute Gasteiger partial charge is 0.378 e.